The van der Waals surface area contributed by atoms with Crippen molar-refractivity contribution in [3.05, 3.63) is 0 Å². The van der Waals surface area contributed by atoms with E-state index in [1.165, 1.54) is 11.8 Å². The third kappa shape index (κ3) is 2.31. The summed E-state index contributed by atoms with van der Waals surface area (Å²) in [5.74, 6) is -1.70. The Morgan fingerprint density at radius 2 is 2.00 bits per heavy atom. The lowest BCUT2D eigenvalue weighted by Gasteiger charge is -2.30. The lowest BCUT2D eigenvalue weighted by Crippen LogP contribution is -2.46. The zero-order chi connectivity index (χ0) is 10.7. The zero-order valence-corrected chi connectivity index (χ0v) is 8.16. The van der Waals surface area contributed by atoms with Gasteiger partial charge in [0.1, 0.15) is 5.78 Å². The van der Waals surface area contributed by atoms with Crippen LogP contribution in [0.1, 0.15) is 19.8 Å². The molecule has 0 radical (unpaired) electrons. The molecule has 0 aromatic rings. The van der Waals surface area contributed by atoms with Crippen molar-refractivity contribution in [3.8, 4) is 0 Å². The van der Waals surface area contributed by atoms with Crippen LogP contribution in [0.4, 0.5) is 0 Å². The van der Waals surface area contributed by atoms with Crippen LogP contribution in [-0.2, 0) is 14.4 Å². The maximum Gasteiger partial charge on any atom is 0.311 e. The highest BCUT2D eigenvalue weighted by atomic mass is 16.2. The lowest BCUT2D eigenvalue weighted by molar-refractivity contribution is -0.146. The maximum atomic E-state index is 11.2. The van der Waals surface area contributed by atoms with Gasteiger partial charge in [-0.05, 0) is 19.8 Å². The van der Waals surface area contributed by atoms with Crippen molar-refractivity contribution in [3.63, 3.8) is 0 Å². The number of primary amides is 1. The quantitative estimate of drug-likeness (QED) is 0.566. The van der Waals surface area contributed by atoms with Crippen molar-refractivity contribution in [1.82, 2.24) is 4.90 Å². The molecule has 0 bridgehead atoms. The molecule has 2 N–H and O–H groups in total. The molecule has 5 heteroatoms. The standard InChI is InChI=1S/C9H14N2O3/c1-6(12)7-3-2-4-11(5-7)9(14)8(10)13/h7H,2-5H2,1H3,(H2,10,13). The highest BCUT2D eigenvalue weighted by Gasteiger charge is 2.28. The molecule has 0 saturated carbocycles. The Balaban J connectivity index is 2.60. The van der Waals surface area contributed by atoms with Crippen molar-refractivity contribution in [2.24, 2.45) is 11.7 Å². The summed E-state index contributed by atoms with van der Waals surface area (Å²) in [6, 6.07) is 0. The van der Waals surface area contributed by atoms with Crippen molar-refractivity contribution in [2.75, 3.05) is 13.1 Å². The first-order valence-electron chi connectivity index (χ1n) is 4.61. The Kier molecular flexibility index (Phi) is 3.22. The van der Waals surface area contributed by atoms with Gasteiger partial charge < -0.3 is 10.6 Å². The van der Waals surface area contributed by atoms with E-state index in [0.29, 0.717) is 13.1 Å². The van der Waals surface area contributed by atoms with Gasteiger partial charge in [0.15, 0.2) is 0 Å². The molecule has 1 fully saturated rings. The van der Waals surface area contributed by atoms with Gasteiger partial charge in [-0.15, -0.1) is 0 Å². The number of piperidine rings is 1. The summed E-state index contributed by atoms with van der Waals surface area (Å²) in [5.41, 5.74) is 4.87. The molecule has 1 saturated heterocycles. The predicted octanol–water partition coefficient (Wildman–Crippen LogP) is -0.701. The zero-order valence-electron chi connectivity index (χ0n) is 8.16. The van der Waals surface area contributed by atoms with Gasteiger partial charge in [0.05, 0.1) is 0 Å². The summed E-state index contributed by atoms with van der Waals surface area (Å²) in [4.78, 5) is 34.3. The summed E-state index contributed by atoms with van der Waals surface area (Å²) in [7, 11) is 0. The first-order chi connectivity index (χ1) is 6.52. The summed E-state index contributed by atoms with van der Waals surface area (Å²) in [5, 5.41) is 0. The highest BCUT2D eigenvalue weighted by molar-refractivity contribution is 6.34. The van der Waals surface area contributed by atoms with E-state index in [9.17, 15) is 14.4 Å². The van der Waals surface area contributed by atoms with E-state index in [1.807, 2.05) is 0 Å². The van der Waals surface area contributed by atoms with Crippen molar-refractivity contribution < 1.29 is 14.4 Å². The molecule has 0 aliphatic carbocycles. The molecule has 2 amide bonds. The molecule has 0 aromatic carbocycles. The van der Waals surface area contributed by atoms with Crippen LogP contribution in [0.25, 0.3) is 0 Å². The Hall–Kier alpha value is -1.39. The number of hydrogen-bond acceptors (Lipinski definition) is 3. The van der Waals surface area contributed by atoms with Crippen LogP contribution >= 0.6 is 0 Å². The van der Waals surface area contributed by atoms with E-state index >= 15 is 0 Å². The lowest BCUT2D eigenvalue weighted by atomic mass is 9.94. The smallest absolute Gasteiger partial charge is 0.311 e. The molecule has 5 nitrogen and oxygen atoms in total. The number of hydrogen-bond donors (Lipinski definition) is 1. The molecule has 78 valence electrons. The molecule has 1 atom stereocenters. The van der Waals surface area contributed by atoms with Crippen LogP contribution < -0.4 is 5.73 Å². The van der Waals surface area contributed by atoms with Crippen LogP contribution in [0.15, 0.2) is 0 Å². The summed E-state index contributed by atoms with van der Waals surface area (Å²) < 4.78 is 0. The Bertz CT molecular complexity index is 275. The van der Waals surface area contributed by atoms with E-state index in [4.69, 9.17) is 5.73 Å². The first-order valence-corrected chi connectivity index (χ1v) is 4.61. The first kappa shape index (κ1) is 10.7. The molecule has 0 spiro atoms. The van der Waals surface area contributed by atoms with E-state index < -0.39 is 11.8 Å². The third-order valence-electron chi connectivity index (χ3n) is 2.49. The predicted molar refractivity (Wildman–Crippen MR) is 49.2 cm³/mol. The minimum absolute atomic E-state index is 0.0620. The fourth-order valence-corrected chi connectivity index (χ4v) is 1.65. The number of amides is 2. The number of carbonyl (C=O) groups excluding carboxylic acids is 3. The molecule has 1 aliphatic heterocycles. The second-order valence-electron chi connectivity index (χ2n) is 3.57. The van der Waals surface area contributed by atoms with Gasteiger partial charge in [0.25, 0.3) is 0 Å². The fraction of sp³-hybridized carbons (Fsp3) is 0.667. The molecule has 0 aromatic heterocycles. The minimum Gasteiger partial charge on any atom is -0.361 e. The van der Waals surface area contributed by atoms with E-state index in [1.54, 1.807) is 0 Å². The number of nitrogens with two attached hydrogens (primary N) is 1. The fourth-order valence-electron chi connectivity index (χ4n) is 1.65. The van der Waals surface area contributed by atoms with Crippen LogP contribution in [-0.4, -0.2) is 35.6 Å². The monoisotopic (exact) mass is 198 g/mol. The molecular weight excluding hydrogens is 184 g/mol. The third-order valence-corrected chi connectivity index (χ3v) is 2.49. The molecule has 1 aliphatic rings. The maximum absolute atomic E-state index is 11.2. The van der Waals surface area contributed by atoms with Gasteiger partial charge in [0, 0.05) is 19.0 Å². The molecule has 1 unspecified atom stereocenters. The van der Waals surface area contributed by atoms with E-state index in [0.717, 1.165) is 12.8 Å². The average molecular weight is 198 g/mol. The van der Waals surface area contributed by atoms with Gasteiger partial charge >= 0.3 is 11.8 Å². The SMILES string of the molecule is CC(=O)C1CCCN(C(=O)C(N)=O)C1. The molecule has 14 heavy (non-hydrogen) atoms. The van der Waals surface area contributed by atoms with E-state index in [2.05, 4.69) is 0 Å². The number of nitrogens with zero attached hydrogens (tertiary/aromatic N) is 1. The van der Waals surface area contributed by atoms with Gasteiger partial charge in [-0.3, -0.25) is 14.4 Å². The highest BCUT2D eigenvalue weighted by Crippen LogP contribution is 2.16. The summed E-state index contributed by atoms with van der Waals surface area (Å²) in [6.45, 7) is 2.35. The second kappa shape index (κ2) is 4.21. The van der Waals surface area contributed by atoms with Gasteiger partial charge in [-0.2, -0.15) is 0 Å². The number of likely N-dealkylation sites (tertiary alicyclic amines) is 1. The number of ketones is 1. The average Bonchev–Trinajstić information content (AvgIpc) is 2.16. The van der Waals surface area contributed by atoms with Crippen LogP contribution in [0, 0.1) is 5.92 Å². The normalized spacial score (nSPS) is 21.8. The summed E-state index contributed by atoms with van der Waals surface area (Å²) >= 11 is 0. The van der Waals surface area contributed by atoms with Gasteiger partial charge in [-0.25, -0.2) is 0 Å². The Morgan fingerprint density at radius 3 is 2.50 bits per heavy atom. The Morgan fingerprint density at radius 1 is 1.36 bits per heavy atom. The van der Waals surface area contributed by atoms with Crippen LogP contribution in [0.2, 0.25) is 0 Å². The van der Waals surface area contributed by atoms with Crippen molar-refractivity contribution >= 4 is 17.6 Å². The van der Waals surface area contributed by atoms with Crippen LogP contribution in [0.3, 0.4) is 0 Å². The van der Waals surface area contributed by atoms with Crippen molar-refractivity contribution in [2.45, 2.75) is 19.8 Å². The largest absolute Gasteiger partial charge is 0.361 e. The summed E-state index contributed by atoms with van der Waals surface area (Å²) in [6.07, 6.45) is 1.54. The Labute approximate surface area is 82.2 Å². The number of Topliss-reactive ketones (excluding diaryl/α,β-unsaturated/α-hetero) is 1. The molecular formula is C9H14N2O3. The van der Waals surface area contributed by atoms with E-state index in [-0.39, 0.29) is 11.7 Å². The topological polar surface area (TPSA) is 80.5 Å². The second-order valence-corrected chi connectivity index (χ2v) is 3.57. The van der Waals surface area contributed by atoms with Gasteiger partial charge in [-0.1, -0.05) is 0 Å². The molecule has 1 heterocycles. The number of rotatable bonds is 1. The number of carbonyl (C=O) groups is 3. The van der Waals surface area contributed by atoms with Crippen molar-refractivity contribution in [1.29, 1.82) is 0 Å². The molecule has 1 rings (SSSR count). The van der Waals surface area contributed by atoms with Crippen LogP contribution in [0.5, 0.6) is 0 Å². The van der Waals surface area contributed by atoms with Gasteiger partial charge in [0.2, 0.25) is 0 Å². The minimum atomic E-state index is -0.950.